The predicted octanol–water partition coefficient (Wildman–Crippen LogP) is 2.69. The lowest BCUT2D eigenvalue weighted by Gasteiger charge is -2.26. The van der Waals surface area contributed by atoms with Gasteiger partial charge in [0.25, 0.3) is 0 Å². The molecule has 1 rings (SSSR count). The second kappa shape index (κ2) is 7.10. The van der Waals surface area contributed by atoms with Crippen LogP contribution in [0.3, 0.4) is 0 Å². The van der Waals surface area contributed by atoms with E-state index in [0.717, 1.165) is 0 Å². The second-order valence-electron chi connectivity index (χ2n) is 5.00. The van der Waals surface area contributed by atoms with E-state index in [-0.39, 0.29) is 30.3 Å². The minimum Gasteiger partial charge on any atom is -0.394 e. The number of aliphatic hydroxyl groups excluding tert-OH is 1. The Morgan fingerprint density at radius 2 is 2.06 bits per heavy atom. The molecule has 0 saturated heterocycles. The van der Waals surface area contributed by atoms with Crippen molar-refractivity contribution >= 4 is 29.8 Å². The summed E-state index contributed by atoms with van der Waals surface area (Å²) in [7, 11) is 0. The van der Waals surface area contributed by atoms with Crippen LogP contribution in [0.25, 0.3) is 0 Å². The van der Waals surface area contributed by atoms with Crippen LogP contribution in [-0.2, 0) is 0 Å². The molecule has 1 unspecified atom stereocenters. The minimum absolute atomic E-state index is 0. The van der Waals surface area contributed by atoms with Crippen molar-refractivity contribution in [1.29, 1.82) is 0 Å². The number of hydrogen-bond acceptors (Lipinski definition) is 3. The van der Waals surface area contributed by atoms with E-state index < -0.39 is 6.04 Å². The van der Waals surface area contributed by atoms with E-state index in [1.165, 1.54) is 0 Å². The van der Waals surface area contributed by atoms with Gasteiger partial charge in [-0.15, -0.1) is 12.4 Å². The van der Waals surface area contributed by atoms with Gasteiger partial charge in [0.1, 0.15) is 0 Å². The molecule has 3 nitrogen and oxygen atoms in total. The number of carbonyl (C=O) groups excluding carboxylic acids is 1. The normalized spacial score (nSPS) is 12.7. The van der Waals surface area contributed by atoms with Crippen LogP contribution in [0.4, 0.5) is 0 Å². The first kappa shape index (κ1) is 17.4. The number of nitrogens with one attached hydrogen (secondary N) is 1. The van der Waals surface area contributed by atoms with Crippen LogP contribution in [0.1, 0.15) is 31.1 Å². The molecule has 1 aromatic carbocycles. The van der Waals surface area contributed by atoms with Crippen molar-refractivity contribution in [2.45, 2.75) is 32.4 Å². The maximum atomic E-state index is 12.1. The average molecular weight is 292 g/mol. The van der Waals surface area contributed by atoms with Crippen LogP contribution in [-0.4, -0.2) is 29.1 Å². The molecule has 0 fully saturated rings. The zero-order valence-electron chi connectivity index (χ0n) is 10.7. The van der Waals surface area contributed by atoms with Crippen LogP contribution in [0.15, 0.2) is 24.3 Å². The topological polar surface area (TPSA) is 49.3 Å². The van der Waals surface area contributed by atoms with E-state index in [0.29, 0.717) is 10.6 Å². The molecule has 102 valence electrons. The fourth-order valence-electron chi connectivity index (χ4n) is 1.56. The molecule has 5 heteroatoms. The quantitative estimate of drug-likeness (QED) is 0.839. The third-order valence-corrected chi connectivity index (χ3v) is 2.45. The molecule has 0 amide bonds. The average Bonchev–Trinajstić information content (AvgIpc) is 2.23. The molecular weight excluding hydrogens is 273 g/mol. The van der Waals surface area contributed by atoms with Crippen molar-refractivity contribution in [2.24, 2.45) is 0 Å². The lowest BCUT2D eigenvalue weighted by Crippen LogP contribution is -2.49. The minimum atomic E-state index is -0.603. The predicted molar refractivity (Wildman–Crippen MR) is 76.8 cm³/mol. The van der Waals surface area contributed by atoms with Crippen molar-refractivity contribution in [1.82, 2.24) is 5.32 Å². The summed E-state index contributed by atoms with van der Waals surface area (Å²) in [6, 6.07) is 6.14. The summed E-state index contributed by atoms with van der Waals surface area (Å²) in [6.45, 7) is 5.60. The van der Waals surface area contributed by atoms with Gasteiger partial charge in [0.15, 0.2) is 5.78 Å². The molecule has 0 radical (unpaired) electrons. The van der Waals surface area contributed by atoms with Crippen LogP contribution in [0.5, 0.6) is 0 Å². The number of carbonyl (C=O) groups is 1. The summed E-state index contributed by atoms with van der Waals surface area (Å²) in [5.74, 6) is -0.148. The van der Waals surface area contributed by atoms with E-state index in [2.05, 4.69) is 5.32 Å². The van der Waals surface area contributed by atoms with E-state index in [9.17, 15) is 9.90 Å². The zero-order valence-corrected chi connectivity index (χ0v) is 12.3. The standard InChI is InChI=1S/C13H18ClNO2.ClH/c1-13(2,3)15-11(8-16)12(17)9-5-4-6-10(14)7-9;/h4-7,11,15-16H,8H2,1-3H3;1H. The summed E-state index contributed by atoms with van der Waals surface area (Å²) in [6.07, 6.45) is 0. The molecular formula is C13H19Cl2NO2. The highest BCUT2D eigenvalue weighted by molar-refractivity contribution is 6.31. The number of benzene rings is 1. The van der Waals surface area contributed by atoms with Crippen molar-refractivity contribution in [2.75, 3.05) is 6.61 Å². The summed E-state index contributed by atoms with van der Waals surface area (Å²) in [5, 5.41) is 12.9. The zero-order chi connectivity index (χ0) is 13.1. The largest absolute Gasteiger partial charge is 0.394 e. The van der Waals surface area contributed by atoms with Gasteiger partial charge in [0, 0.05) is 16.1 Å². The van der Waals surface area contributed by atoms with Gasteiger partial charge in [-0.3, -0.25) is 4.79 Å². The molecule has 0 spiro atoms. The Hall–Kier alpha value is -0.610. The van der Waals surface area contributed by atoms with E-state index in [1.54, 1.807) is 24.3 Å². The Labute approximate surface area is 119 Å². The van der Waals surface area contributed by atoms with Crippen molar-refractivity contribution in [3.63, 3.8) is 0 Å². The van der Waals surface area contributed by atoms with E-state index in [4.69, 9.17) is 11.6 Å². The Morgan fingerprint density at radius 1 is 1.44 bits per heavy atom. The third kappa shape index (κ3) is 5.36. The number of Topliss-reactive ketones (excluding diaryl/α,β-unsaturated/α-hetero) is 1. The van der Waals surface area contributed by atoms with Crippen molar-refractivity contribution in [3.8, 4) is 0 Å². The molecule has 1 atom stereocenters. The van der Waals surface area contributed by atoms with Gasteiger partial charge in [0.05, 0.1) is 12.6 Å². The Morgan fingerprint density at radius 3 is 2.50 bits per heavy atom. The van der Waals surface area contributed by atoms with Gasteiger partial charge in [-0.25, -0.2) is 0 Å². The van der Waals surface area contributed by atoms with Crippen molar-refractivity contribution in [3.05, 3.63) is 34.9 Å². The highest BCUT2D eigenvalue weighted by Crippen LogP contribution is 2.13. The maximum Gasteiger partial charge on any atom is 0.182 e. The van der Waals surface area contributed by atoms with Crippen molar-refractivity contribution < 1.29 is 9.90 Å². The first-order chi connectivity index (χ1) is 7.83. The fourth-order valence-corrected chi connectivity index (χ4v) is 1.75. The number of aliphatic hydroxyl groups is 1. The Kier molecular flexibility index (Phi) is 6.86. The number of ketones is 1. The van der Waals surface area contributed by atoms with Gasteiger partial charge in [0.2, 0.25) is 0 Å². The second-order valence-corrected chi connectivity index (χ2v) is 5.44. The van der Waals surface area contributed by atoms with Gasteiger partial charge in [-0.2, -0.15) is 0 Å². The number of rotatable bonds is 4. The summed E-state index contributed by atoms with van der Waals surface area (Å²) >= 11 is 5.83. The molecule has 0 aliphatic heterocycles. The van der Waals surface area contributed by atoms with Crippen LogP contribution < -0.4 is 5.32 Å². The van der Waals surface area contributed by atoms with Gasteiger partial charge in [-0.05, 0) is 32.9 Å². The third-order valence-electron chi connectivity index (χ3n) is 2.22. The summed E-state index contributed by atoms with van der Waals surface area (Å²) in [4.78, 5) is 12.1. The van der Waals surface area contributed by atoms with Gasteiger partial charge >= 0.3 is 0 Å². The Balaban J connectivity index is 0.00000289. The maximum absolute atomic E-state index is 12.1. The molecule has 0 aliphatic rings. The van der Waals surface area contributed by atoms with E-state index >= 15 is 0 Å². The molecule has 0 heterocycles. The molecule has 0 aromatic heterocycles. The lowest BCUT2D eigenvalue weighted by atomic mass is 10.0. The smallest absolute Gasteiger partial charge is 0.182 e. The molecule has 2 N–H and O–H groups in total. The highest BCUT2D eigenvalue weighted by atomic mass is 35.5. The lowest BCUT2D eigenvalue weighted by molar-refractivity contribution is 0.0873. The monoisotopic (exact) mass is 291 g/mol. The van der Waals surface area contributed by atoms with Crippen LogP contribution in [0, 0.1) is 0 Å². The molecule has 1 aromatic rings. The highest BCUT2D eigenvalue weighted by Gasteiger charge is 2.24. The first-order valence-corrected chi connectivity index (χ1v) is 5.89. The van der Waals surface area contributed by atoms with E-state index in [1.807, 2.05) is 20.8 Å². The van der Waals surface area contributed by atoms with Crippen LogP contribution >= 0.6 is 24.0 Å². The molecule has 0 aliphatic carbocycles. The Bertz CT molecular complexity index is 402. The number of halogens is 2. The summed E-state index contributed by atoms with van der Waals surface area (Å²) < 4.78 is 0. The van der Waals surface area contributed by atoms with Gasteiger partial charge < -0.3 is 10.4 Å². The first-order valence-electron chi connectivity index (χ1n) is 5.52. The molecule has 18 heavy (non-hydrogen) atoms. The van der Waals surface area contributed by atoms with Gasteiger partial charge in [-0.1, -0.05) is 23.7 Å². The molecule has 0 bridgehead atoms. The summed E-state index contributed by atoms with van der Waals surface area (Å²) in [5.41, 5.74) is 0.273. The molecule has 0 saturated carbocycles. The van der Waals surface area contributed by atoms with Crippen LogP contribution in [0.2, 0.25) is 5.02 Å². The fraction of sp³-hybridized carbons (Fsp3) is 0.462. The number of hydrogen-bond donors (Lipinski definition) is 2. The SMILES string of the molecule is CC(C)(C)NC(CO)C(=O)c1cccc(Cl)c1.Cl.